The van der Waals surface area contributed by atoms with Crippen molar-refractivity contribution in [3.05, 3.63) is 59.1 Å². The van der Waals surface area contributed by atoms with Crippen LogP contribution in [-0.2, 0) is 25.6 Å². The molecule has 1 heterocycles. The number of hydrogen-bond donors (Lipinski definition) is 1. The molecule has 2 aromatic carbocycles. The van der Waals surface area contributed by atoms with Crippen molar-refractivity contribution in [2.45, 2.75) is 32.2 Å². The van der Waals surface area contributed by atoms with Crippen molar-refractivity contribution in [2.75, 3.05) is 38.4 Å². The summed E-state index contributed by atoms with van der Waals surface area (Å²) in [6.45, 7) is 3.49. The molecule has 2 aromatic rings. The second-order valence-corrected chi connectivity index (χ2v) is 7.06. The average Bonchev–Trinajstić information content (AvgIpc) is 2.72. The van der Waals surface area contributed by atoms with Crippen molar-refractivity contribution in [2.24, 2.45) is 0 Å². The summed E-state index contributed by atoms with van der Waals surface area (Å²) in [5.41, 5.74) is 3.04. The summed E-state index contributed by atoms with van der Waals surface area (Å²) >= 11 is 6.05. The summed E-state index contributed by atoms with van der Waals surface area (Å²) < 4.78 is 22.5. The Balaban J connectivity index is 1.31. The highest BCUT2D eigenvalue weighted by molar-refractivity contribution is 6.30. The summed E-state index contributed by atoms with van der Waals surface area (Å²) in [6, 6.07) is 15.7. The molecule has 0 aliphatic carbocycles. The van der Waals surface area contributed by atoms with Crippen LogP contribution in [0.2, 0.25) is 5.02 Å². The van der Waals surface area contributed by atoms with Gasteiger partial charge in [-0.15, -0.1) is 0 Å². The van der Waals surface area contributed by atoms with Gasteiger partial charge in [0.2, 0.25) is 0 Å². The monoisotopic (exact) mass is 405 g/mol. The molecule has 1 N–H and O–H groups in total. The van der Waals surface area contributed by atoms with Crippen LogP contribution < -0.4 is 5.32 Å². The molecule has 3 rings (SSSR count). The topological polar surface area (TPSA) is 49.0 Å². The van der Waals surface area contributed by atoms with Crippen molar-refractivity contribution in [3.8, 4) is 0 Å². The molecule has 1 aliphatic rings. The second-order valence-electron chi connectivity index (χ2n) is 6.62. The molecular formula is C22H28ClNO4. The molecule has 152 valence electrons. The van der Waals surface area contributed by atoms with Crippen molar-refractivity contribution < 1.29 is 18.9 Å². The van der Waals surface area contributed by atoms with Gasteiger partial charge in [0, 0.05) is 28.6 Å². The van der Waals surface area contributed by atoms with E-state index in [-0.39, 0.29) is 6.29 Å². The maximum absolute atomic E-state index is 6.05. The van der Waals surface area contributed by atoms with E-state index in [2.05, 4.69) is 5.32 Å². The number of nitrogens with one attached hydrogen (secondary N) is 1. The lowest BCUT2D eigenvalue weighted by atomic mass is 10.2. The summed E-state index contributed by atoms with van der Waals surface area (Å²) in [6.07, 6.45) is 3.22. The van der Waals surface area contributed by atoms with Gasteiger partial charge in [-0.2, -0.15) is 0 Å². The Morgan fingerprint density at radius 2 is 1.82 bits per heavy atom. The molecule has 0 bridgehead atoms. The first kappa shape index (κ1) is 21.1. The van der Waals surface area contributed by atoms with E-state index in [4.69, 9.17) is 30.5 Å². The molecule has 1 atom stereocenters. The predicted molar refractivity (Wildman–Crippen MR) is 111 cm³/mol. The van der Waals surface area contributed by atoms with Crippen LogP contribution in [0.1, 0.15) is 24.8 Å². The van der Waals surface area contributed by atoms with Crippen LogP contribution >= 0.6 is 11.6 Å². The molecule has 0 aromatic heterocycles. The minimum Gasteiger partial charge on any atom is -0.377 e. The lowest BCUT2D eigenvalue weighted by molar-refractivity contribution is -0.169. The van der Waals surface area contributed by atoms with Gasteiger partial charge >= 0.3 is 0 Å². The Hall–Kier alpha value is -1.63. The standard InChI is InChI=1S/C22H28ClNO4/c23-19-7-5-8-20(16-19)24-21-9-2-1-6-18(21)17-26-13-12-25-14-15-28-22-10-3-4-11-27-22/h1-2,5-9,16,22,24H,3-4,10-15,17H2. The minimum atomic E-state index is -0.0582. The third kappa shape index (κ3) is 7.41. The molecule has 0 radical (unpaired) electrons. The number of hydrogen-bond acceptors (Lipinski definition) is 5. The number of benzene rings is 2. The first-order chi connectivity index (χ1) is 13.8. The Kier molecular flexibility index (Phi) is 9.07. The second kappa shape index (κ2) is 12.0. The zero-order valence-electron chi connectivity index (χ0n) is 16.1. The Morgan fingerprint density at radius 3 is 2.68 bits per heavy atom. The van der Waals surface area contributed by atoms with Crippen LogP contribution in [0.15, 0.2) is 48.5 Å². The Labute approximate surface area is 171 Å². The smallest absolute Gasteiger partial charge is 0.157 e. The molecule has 0 saturated carbocycles. The fourth-order valence-corrected chi connectivity index (χ4v) is 3.16. The van der Waals surface area contributed by atoms with E-state index < -0.39 is 0 Å². The van der Waals surface area contributed by atoms with Crippen LogP contribution in [0.3, 0.4) is 0 Å². The number of para-hydroxylation sites is 1. The van der Waals surface area contributed by atoms with E-state index in [0.29, 0.717) is 38.1 Å². The quantitative estimate of drug-likeness (QED) is 0.523. The van der Waals surface area contributed by atoms with Gasteiger partial charge in [0.05, 0.1) is 33.0 Å². The van der Waals surface area contributed by atoms with Gasteiger partial charge in [-0.1, -0.05) is 35.9 Å². The zero-order valence-corrected chi connectivity index (χ0v) is 16.8. The van der Waals surface area contributed by atoms with Crippen molar-refractivity contribution >= 4 is 23.0 Å². The van der Waals surface area contributed by atoms with E-state index in [1.165, 1.54) is 6.42 Å². The lowest BCUT2D eigenvalue weighted by Crippen LogP contribution is -2.24. The van der Waals surface area contributed by atoms with Crippen molar-refractivity contribution in [1.82, 2.24) is 0 Å². The van der Waals surface area contributed by atoms with Crippen molar-refractivity contribution in [1.29, 1.82) is 0 Å². The zero-order chi connectivity index (χ0) is 19.4. The highest BCUT2D eigenvalue weighted by Gasteiger charge is 2.13. The van der Waals surface area contributed by atoms with Gasteiger partial charge in [0.25, 0.3) is 0 Å². The molecule has 1 unspecified atom stereocenters. The SMILES string of the molecule is Clc1cccc(Nc2ccccc2COCCOCCOC2CCCCO2)c1. The average molecular weight is 406 g/mol. The number of anilines is 2. The number of halogens is 1. The van der Waals surface area contributed by atoms with E-state index >= 15 is 0 Å². The van der Waals surface area contributed by atoms with E-state index in [1.807, 2.05) is 48.5 Å². The molecule has 1 saturated heterocycles. The molecule has 1 fully saturated rings. The summed E-state index contributed by atoms with van der Waals surface area (Å²) in [7, 11) is 0. The highest BCUT2D eigenvalue weighted by atomic mass is 35.5. The molecular weight excluding hydrogens is 378 g/mol. The fourth-order valence-electron chi connectivity index (χ4n) is 2.97. The maximum Gasteiger partial charge on any atom is 0.157 e. The van der Waals surface area contributed by atoms with E-state index in [1.54, 1.807) is 0 Å². The Morgan fingerprint density at radius 1 is 0.964 bits per heavy atom. The fraction of sp³-hybridized carbons (Fsp3) is 0.455. The van der Waals surface area contributed by atoms with E-state index in [0.717, 1.165) is 36.4 Å². The highest BCUT2D eigenvalue weighted by Crippen LogP contribution is 2.23. The van der Waals surface area contributed by atoms with Gasteiger partial charge in [-0.25, -0.2) is 0 Å². The van der Waals surface area contributed by atoms with Gasteiger partial charge in [0.1, 0.15) is 0 Å². The van der Waals surface area contributed by atoms with Gasteiger partial charge in [-0.05, 0) is 43.5 Å². The van der Waals surface area contributed by atoms with Crippen molar-refractivity contribution in [3.63, 3.8) is 0 Å². The molecule has 0 spiro atoms. The van der Waals surface area contributed by atoms with Crippen LogP contribution in [0, 0.1) is 0 Å². The third-order valence-corrected chi connectivity index (χ3v) is 4.65. The number of ether oxygens (including phenoxy) is 4. The van der Waals surface area contributed by atoms with Crippen LogP contribution in [0.25, 0.3) is 0 Å². The maximum atomic E-state index is 6.05. The predicted octanol–water partition coefficient (Wildman–Crippen LogP) is 5.16. The largest absolute Gasteiger partial charge is 0.377 e. The third-order valence-electron chi connectivity index (χ3n) is 4.42. The van der Waals surface area contributed by atoms with E-state index in [9.17, 15) is 0 Å². The van der Waals surface area contributed by atoms with Crippen LogP contribution in [0.5, 0.6) is 0 Å². The van der Waals surface area contributed by atoms with Gasteiger partial charge in [0.15, 0.2) is 6.29 Å². The Bertz CT molecular complexity index is 706. The summed E-state index contributed by atoms with van der Waals surface area (Å²) in [4.78, 5) is 0. The van der Waals surface area contributed by atoms with Crippen LogP contribution in [-0.4, -0.2) is 39.3 Å². The van der Waals surface area contributed by atoms with Gasteiger partial charge in [-0.3, -0.25) is 0 Å². The number of rotatable bonds is 11. The minimum absolute atomic E-state index is 0.0582. The molecule has 0 amide bonds. The first-order valence-electron chi connectivity index (χ1n) is 9.80. The first-order valence-corrected chi connectivity index (χ1v) is 10.2. The molecule has 6 heteroatoms. The molecule has 5 nitrogen and oxygen atoms in total. The lowest BCUT2D eigenvalue weighted by Gasteiger charge is -2.22. The van der Waals surface area contributed by atoms with Gasteiger partial charge < -0.3 is 24.3 Å². The summed E-state index contributed by atoms with van der Waals surface area (Å²) in [5, 5.41) is 4.09. The molecule has 1 aliphatic heterocycles. The normalized spacial score (nSPS) is 16.8. The van der Waals surface area contributed by atoms with Crippen LogP contribution in [0.4, 0.5) is 11.4 Å². The molecule has 28 heavy (non-hydrogen) atoms. The summed E-state index contributed by atoms with van der Waals surface area (Å²) in [5.74, 6) is 0.